The van der Waals surface area contributed by atoms with Gasteiger partial charge in [-0.15, -0.1) is 0 Å². The summed E-state index contributed by atoms with van der Waals surface area (Å²) in [5.41, 5.74) is 3.02. The molecule has 1 heterocycles. The Morgan fingerprint density at radius 3 is 2.32 bits per heavy atom. The molecule has 0 aliphatic heterocycles. The maximum absolute atomic E-state index is 6.19. The summed E-state index contributed by atoms with van der Waals surface area (Å²) in [6.45, 7) is 3.77. The molecule has 0 radical (unpaired) electrons. The molecule has 0 amide bonds. The van der Waals surface area contributed by atoms with Crippen LogP contribution in [-0.4, -0.2) is 24.2 Å². The Balaban J connectivity index is 2.68. The van der Waals surface area contributed by atoms with Gasteiger partial charge in [0.2, 0.25) is 0 Å². The van der Waals surface area contributed by atoms with Gasteiger partial charge in [0, 0.05) is 5.56 Å². The highest BCUT2D eigenvalue weighted by Crippen LogP contribution is 2.39. The first-order valence-electron chi connectivity index (χ1n) is 5.80. The summed E-state index contributed by atoms with van der Waals surface area (Å²) < 4.78 is 10.7. The lowest BCUT2D eigenvalue weighted by Crippen LogP contribution is -1.99. The minimum absolute atomic E-state index is 0.356. The van der Waals surface area contributed by atoms with E-state index in [1.807, 2.05) is 32.0 Å². The maximum atomic E-state index is 6.19. The van der Waals surface area contributed by atoms with Crippen LogP contribution < -0.4 is 9.47 Å². The highest BCUT2D eigenvalue weighted by atomic mass is 35.5. The molecular formula is C14H15ClN2O2. The van der Waals surface area contributed by atoms with Crippen LogP contribution in [0.1, 0.15) is 11.4 Å². The highest BCUT2D eigenvalue weighted by Gasteiger charge is 2.17. The van der Waals surface area contributed by atoms with Gasteiger partial charge < -0.3 is 9.47 Å². The molecule has 1 aromatic heterocycles. The average molecular weight is 279 g/mol. The molecule has 2 rings (SSSR count). The van der Waals surface area contributed by atoms with Crippen molar-refractivity contribution < 1.29 is 9.47 Å². The summed E-state index contributed by atoms with van der Waals surface area (Å²) in [7, 11) is 3.18. The Morgan fingerprint density at radius 1 is 1.00 bits per heavy atom. The van der Waals surface area contributed by atoms with Crippen LogP contribution in [-0.2, 0) is 0 Å². The lowest BCUT2D eigenvalue weighted by Gasteiger charge is -2.13. The second kappa shape index (κ2) is 5.45. The molecule has 100 valence electrons. The molecule has 0 unspecified atom stereocenters. The number of hydrogen-bond acceptors (Lipinski definition) is 4. The zero-order chi connectivity index (χ0) is 14.0. The van der Waals surface area contributed by atoms with E-state index < -0.39 is 0 Å². The molecular weight excluding hydrogens is 264 g/mol. The molecule has 0 saturated heterocycles. The van der Waals surface area contributed by atoms with Gasteiger partial charge in [-0.05, 0) is 26.0 Å². The number of halogens is 1. The van der Waals surface area contributed by atoms with Crippen LogP contribution in [0.2, 0.25) is 5.15 Å². The number of hydrogen-bond donors (Lipinski definition) is 0. The predicted molar refractivity (Wildman–Crippen MR) is 75.1 cm³/mol. The zero-order valence-corrected chi connectivity index (χ0v) is 12.1. The Kier molecular flexibility index (Phi) is 3.90. The summed E-state index contributed by atoms with van der Waals surface area (Å²) in [5.74, 6) is 1.24. The Hall–Kier alpha value is -1.81. The molecule has 0 saturated carbocycles. The molecule has 0 aliphatic rings. The molecule has 0 bridgehead atoms. The standard InChI is InChI=1S/C14H15ClN2O2/c1-8-9(2)17-14(15)12(16-8)10-6-5-7-11(18-3)13(10)19-4/h5-7H,1-4H3. The number of benzene rings is 1. The van der Waals surface area contributed by atoms with E-state index in [0.717, 1.165) is 17.0 Å². The van der Waals surface area contributed by atoms with Crippen molar-refractivity contribution in [3.8, 4) is 22.8 Å². The maximum Gasteiger partial charge on any atom is 0.170 e. The normalized spacial score (nSPS) is 10.4. The van der Waals surface area contributed by atoms with E-state index in [2.05, 4.69) is 9.97 Å². The Morgan fingerprint density at radius 2 is 1.68 bits per heavy atom. The third-order valence-electron chi connectivity index (χ3n) is 2.92. The first-order chi connectivity index (χ1) is 9.08. The lowest BCUT2D eigenvalue weighted by molar-refractivity contribution is 0.356. The van der Waals surface area contributed by atoms with Crippen molar-refractivity contribution in [2.45, 2.75) is 13.8 Å². The number of rotatable bonds is 3. The van der Waals surface area contributed by atoms with E-state index in [-0.39, 0.29) is 0 Å². The van der Waals surface area contributed by atoms with E-state index in [4.69, 9.17) is 21.1 Å². The SMILES string of the molecule is COc1cccc(-c2nc(C)c(C)nc2Cl)c1OC. The van der Waals surface area contributed by atoms with Gasteiger partial charge in [-0.1, -0.05) is 17.7 Å². The fourth-order valence-corrected chi connectivity index (χ4v) is 2.09. The highest BCUT2D eigenvalue weighted by molar-refractivity contribution is 6.31. The van der Waals surface area contributed by atoms with E-state index in [1.165, 1.54) is 0 Å². The molecule has 1 aromatic carbocycles. The van der Waals surface area contributed by atoms with Gasteiger partial charge in [0.1, 0.15) is 5.69 Å². The number of ether oxygens (including phenoxy) is 2. The van der Waals surface area contributed by atoms with Crippen LogP contribution in [0.3, 0.4) is 0 Å². The van der Waals surface area contributed by atoms with E-state index >= 15 is 0 Å². The second-order valence-electron chi connectivity index (χ2n) is 4.07. The summed E-state index contributed by atoms with van der Waals surface area (Å²) in [6.07, 6.45) is 0. The van der Waals surface area contributed by atoms with Gasteiger partial charge in [-0.25, -0.2) is 9.97 Å². The minimum Gasteiger partial charge on any atom is -0.493 e. The fourth-order valence-electron chi connectivity index (χ4n) is 1.82. The van der Waals surface area contributed by atoms with E-state index in [1.54, 1.807) is 14.2 Å². The molecule has 0 fully saturated rings. The lowest BCUT2D eigenvalue weighted by atomic mass is 10.1. The number of para-hydroxylation sites is 1. The monoisotopic (exact) mass is 278 g/mol. The molecule has 4 nitrogen and oxygen atoms in total. The number of nitrogens with zero attached hydrogens (tertiary/aromatic N) is 2. The topological polar surface area (TPSA) is 44.2 Å². The third-order valence-corrected chi connectivity index (χ3v) is 3.19. The number of aryl methyl sites for hydroxylation is 2. The third kappa shape index (κ3) is 2.49. The van der Waals surface area contributed by atoms with Crippen LogP contribution >= 0.6 is 11.6 Å². The van der Waals surface area contributed by atoms with Crippen LogP contribution in [0.15, 0.2) is 18.2 Å². The quantitative estimate of drug-likeness (QED) is 0.863. The summed E-state index contributed by atoms with van der Waals surface area (Å²) in [5, 5.41) is 0.356. The van der Waals surface area contributed by atoms with Gasteiger partial charge in [0.25, 0.3) is 0 Å². The molecule has 19 heavy (non-hydrogen) atoms. The van der Waals surface area contributed by atoms with Crippen molar-refractivity contribution in [3.63, 3.8) is 0 Å². The van der Waals surface area contributed by atoms with Crippen molar-refractivity contribution >= 4 is 11.6 Å². The molecule has 0 spiro atoms. The van der Waals surface area contributed by atoms with Gasteiger partial charge in [-0.2, -0.15) is 0 Å². The van der Waals surface area contributed by atoms with Gasteiger partial charge >= 0.3 is 0 Å². The smallest absolute Gasteiger partial charge is 0.170 e. The minimum atomic E-state index is 0.356. The first-order valence-corrected chi connectivity index (χ1v) is 6.18. The largest absolute Gasteiger partial charge is 0.493 e. The first kappa shape index (κ1) is 13.6. The number of methoxy groups -OCH3 is 2. The fraction of sp³-hybridized carbons (Fsp3) is 0.286. The molecule has 5 heteroatoms. The van der Waals surface area contributed by atoms with E-state index in [9.17, 15) is 0 Å². The van der Waals surface area contributed by atoms with Crippen molar-refractivity contribution in [1.29, 1.82) is 0 Å². The predicted octanol–water partition coefficient (Wildman–Crippen LogP) is 3.43. The van der Waals surface area contributed by atoms with Crippen molar-refractivity contribution in [2.24, 2.45) is 0 Å². The molecule has 0 atom stereocenters. The van der Waals surface area contributed by atoms with E-state index in [0.29, 0.717) is 22.3 Å². The zero-order valence-electron chi connectivity index (χ0n) is 11.3. The van der Waals surface area contributed by atoms with Gasteiger partial charge in [-0.3, -0.25) is 0 Å². The van der Waals surface area contributed by atoms with Crippen molar-refractivity contribution in [3.05, 3.63) is 34.7 Å². The van der Waals surface area contributed by atoms with Gasteiger partial charge in [0.05, 0.1) is 25.6 Å². The Labute approximate surface area is 117 Å². The average Bonchev–Trinajstić information content (AvgIpc) is 2.41. The van der Waals surface area contributed by atoms with Crippen LogP contribution in [0.5, 0.6) is 11.5 Å². The summed E-state index contributed by atoms with van der Waals surface area (Å²) in [6, 6.07) is 5.57. The number of aromatic nitrogens is 2. The van der Waals surface area contributed by atoms with Gasteiger partial charge in [0.15, 0.2) is 16.7 Å². The second-order valence-corrected chi connectivity index (χ2v) is 4.43. The van der Waals surface area contributed by atoms with Crippen molar-refractivity contribution in [2.75, 3.05) is 14.2 Å². The molecule has 0 aliphatic carbocycles. The van der Waals surface area contributed by atoms with Crippen LogP contribution in [0, 0.1) is 13.8 Å². The molecule has 2 aromatic rings. The van der Waals surface area contributed by atoms with Crippen LogP contribution in [0.4, 0.5) is 0 Å². The summed E-state index contributed by atoms with van der Waals surface area (Å²) in [4.78, 5) is 8.78. The molecule has 0 N–H and O–H groups in total. The van der Waals surface area contributed by atoms with Crippen LogP contribution in [0.25, 0.3) is 11.3 Å². The Bertz CT molecular complexity index is 615. The summed E-state index contributed by atoms with van der Waals surface area (Å²) >= 11 is 6.19. The van der Waals surface area contributed by atoms with Crippen molar-refractivity contribution in [1.82, 2.24) is 9.97 Å².